The van der Waals surface area contributed by atoms with Crippen molar-refractivity contribution in [2.45, 2.75) is 12.2 Å². The second-order valence-corrected chi connectivity index (χ2v) is 2.92. The number of hydrogen-bond donors (Lipinski definition) is 1. The van der Waals surface area contributed by atoms with Crippen LogP contribution in [0, 0.1) is 0 Å². The van der Waals surface area contributed by atoms with E-state index >= 15 is 0 Å². The van der Waals surface area contributed by atoms with Crippen LogP contribution in [0.4, 0.5) is 0 Å². The summed E-state index contributed by atoms with van der Waals surface area (Å²) >= 11 is 0. The highest BCUT2D eigenvalue weighted by Gasteiger charge is 2.26. The van der Waals surface area contributed by atoms with Crippen LogP contribution < -0.4 is 0 Å². The first-order valence-corrected chi connectivity index (χ1v) is 4.39. The number of rotatable bonds is 5. The van der Waals surface area contributed by atoms with Gasteiger partial charge in [0.05, 0.1) is 33.0 Å². The number of epoxide rings is 2. The normalized spacial score (nSPS) is 28.7. The summed E-state index contributed by atoms with van der Waals surface area (Å²) < 4.78 is 15.1. The smallest absolute Gasteiger partial charge is 0.104 e. The zero-order valence-electron chi connectivity index (χ0n) is 7.65. The topological polar surface area (TPSA) is 54.5 Å². The highest BCUT2D eigenvalue weighted by Crippen LogP contribution is 2.12. The Morgan fingerprint density at radius 2 is 1.69 bits per heavy atom. The van der Waals surface area contributed by atoms with E-state index in [1.807, 2.05) is 0 Å². The Kier molecular flexibility index (Phi) is 5.00. The fourth-order valence-corrected chi connectivity index (χ4v) is 0.659. The Balaban J connectivity index is 0.000000184. The third-order valence-corrected chi connectivity index (χ3v) is 1.54. The Morgan fingerprint density at radius 3 is 1.92 bits per heavy atom. The molecule has 1 N–H and O–H groups in total. The first-order chi connectivity index (χ1) is 6.36. The number of hydrogen-bond acceptors (Lipinski definition) is 4. The third-order valence-electron chi connectivity index (χ3n) is 1.54. The molecule has 0 aromatic heterocycles. The largest absolute Gasteiger partial charge is 0.392 e. The van der Waals surface area contributed by atoms with Crippen molar-refractivity contribution in [2.75, 3.05) is 33.0 Å². The van der Waals surface area contributed by atoms with Crippen molar-refractivity contribution in [1.82, 2.24) is 0 Å². The summed E-state index contributed by atoms with van der Waals surface area (Å²) in [7, 11) is 0. The van der Waals surface area contributed by atoms with E-state index in [4.69, 9.17) is 19.3 Å². The minimum Gasteiger partial charge on any atom is -0.392 e. The van der Waals surface area contributed by atoms with Crippen molar-refractivity contribution < 1.29 is 19.3 Å². The van der Waals surface area contributed by atoms with Gasteiger partial charge in [-0.2, -0.15) is 0 Å². The number of aliphatic hydroxyl groups excluding tert-OH is 1. The Morgan fingerprint density at radius 1 is 1.31 bits per heavy atom. The fraction of sp³-hybridized carbons (Fsp3) is 0.778. The van der Waals surface area contributed by atoms with Crippen LogP contribution >= 0.6 is 0 Å². The molecule has 0 aliphatic carbocycles. The molecule has 2 aliphatic rings. The van der Waals surface area contributed by atoms with E-state index in [1.165, 1.54) is 6.08 Å². The van der Waals surface area contributed by atoms with E-state index in [1.54, 1.807) is 0 Å². The first kappa shape index (κ1) is 10.7. The second kappa shape index (κ2) is 6.10. The molecule has 0 bridgehead atoms. The molecule has 13 heavy (non-hydrogen) atoms. The van der Waals surface area contributed by atoms with Gasteiger partial charge >= 0.3 is 0 Å². The van der Waals surface area contributed by atoms with Crippen LogP contribution in [-0.2, 0) is 14.2 Å². The molecule has 2 saturated heterocycles. The van der Waals surface area contributed by atoms with Gasteiger partial charge in [-0.3, -0.25) is 0 Å². The van der Waals surface area contributed by atoms with Crippen LogP contribution in [-0.4, -0.2) is 50.3 Å². The summed E-state index contributed by atoms with van der Waals surface area (Å²) in [4.78, 5) is 0. The highest BCUT2D eigenvalue weighted by atomic mass is 16.6. The molecule has 0 aromatic rings. The van der Waals surface area contributed by atoms with Gasteiger partial charge in [0.2, 0.25) is 0 Å². The average Bonchev–Trinajstić information content (AvgIpc) is 2.98. The van der Waals surface area contributed by atoms with Crippen molar-refractivity contribution in [3.05, 3.63) is 12.7 Å². The Hall–Kier alpha value is -0.420. The van der Waals surface area contributed by atoms with Crippen molar-refractivity contribution in [3.63, 3.8) is 0 Å². The van der Waals surface area contributed by atoms with E-state index in [0.717, 1.165) is 26.4 Å². The Labute approximate surface area is 78.1 Å². The molecule has 2 heterocycles. The second-order valence-electron chi connectivity index (χ2n) is 2.92. The van der Waals surface area contributed by atoms with E-state index in [9.17, 15) is 0 Å². The van der Waals surface area contributed by atoms with Gasteiger partial charge in [0, 0.05) is 0 Å². The molecular formula is C9H16O4. The molecule has 0 amide bonds. The quantitative estimate of drug-likeness (QED) is 0.486. The average molecular weight is 188 g/mol. The van der Waals surface area contributed by atoms with Gasteiger partial charge in [0.1, 0.15) is 12.2 Å². The van der Waals surface area contributed by atoms with Crippen molar-refractivity contribution >= 4 is 0 Å². The van der Waals surface area contributed by atoms with Crippen molar-refractivity contribution in [3.8, 4) is 0 Å². The van der Waals surface area contributed by atoms with Crippen LogP contribution in [0.2, 0.25) is 0 Å². The monoisotopic (exact) mass is 188 g/mol. The van der Waals surface area contributed by atoms with Gasteiger partial charge in [-0.15, -0.1) is 6.58 Å². The molecule has 76 valence electrons. The van der Waals surface area contributed by atoms with Crippen LogP contribution in [0.5, 0.6) is 0 Å². The van der Waals surface area contributed by atoms with Gasteiger partial charge in [-0.05, 0) is 0 Å². The van der Waals surface area contributed by atoms with Crippen LogP contribution in [0.3, 0.4) is 0 Å². The van der Waals surface area contributed by atoms with Crippen LogP contribution in [0.15, 0.2) is 12.7 Å². The van der Waals surface area contributed by atoms with Gasteiger partial charge in [-0.25, -0.2) is 0 Å². The van der Waals surface area contributed by atoms with E-state index < -0.39 is 0 Å². The summed E-state index contributed by atoms with van der Waals surface area (Å²) in [5, 5.41) is 7.76. The zero-order valence-corrected chi connectivity index (χ0v) is 7.65. The van der Waals surface area contributed by atoms with Crippen molar-refractivity contribution in [2.24, 2.45) is 0 Å². The molecule has 2 aliphatic heterocycles. The first-order valence-electron chi connectivity index (χ1n) is 4.39. The highest BCUT2D eigenvalue weighted by molar-refractivity contribution is 4.71. The zero-order chi connectivity index (χ0) is 9.52. The lowest BCUT2D eigenvalue weighted by Crippen LogP contribution is -2.06. The van der Waals surface area contributed by atoms with Gasteiger partial charge in [0.15, 0.2) is 0 Å². The molecule has 2 rings (SSSR count). The van der Waals surface area contributed by atoms with E-state index in [2.05, 4.69) is 6.58 Å². The number of ether oxygens (including phenoxy) is 3. The summed E-state index contributed by atoms with van der Waals surface area (Å²) in [6, 6.07) is 0. The minimum atomic E-state index is 0.0833. The molecule has 2 unspecified atom stereocenters. The fourth-order valence-electron chi connectivity index (χ4n) is 0.659. The lowest BCUT2D eigenvalue weighted by Gasteiger charge is -1.95. The summed E-state index contributed by atoms with van der Waals surface area (Å²) in [6.45, 7) is 6.57. The van der Waals surface area contributed by atoms with E-state index in [0.29, 0.717) is 12.2 Å². The predicted octanol–water partition coefficient (Wildman–Crippen LogP) is -0.0347. The SMILES string of the molecule is C(OCC1CO1)C1CO1.C=CCO. The van der Waals surface area contributed by atoms with Gasteiger partial charge in [0.25, 0.3) is 0 Å². The molecule has 0 saturated carbocycles. The summed E-state index contributed by atoms with van der Waals surface area (Å²) in [5.74, 6) is 0. The maximum Gasteiger partial charge on any atom is 0.104 e. The predicted molar refractivity (Wildman–Crippen MR) is 47.6 cm³/mol. The molecule has 4 heteroatoms. The molecule has 2 fully saturated rings. The Bertz CT molecular complexity index is 129. The lowest BCUT2D eigenvalue weighted by molar-refractivity contribution is 0.102. The maximum atomic E-state index is 7.76. The molecule has 4 nitrogen and oxygen atoms in total. The van der Waals surface area contributed by atoms with Crippen LogP contribution in [0.25, 0.3) is 0 Å². The molecule has 2 atom stereocenters. The van der Waals surface area contributed by atoms with Crippen LogP contribution in [0.1, 0.15) is 0 Å². The molecule has 0 spiro atoms. The molecular weight excluding hydrogens is 172 g/mol. The maximum absolute atomic E-state index is 7.76. The minimum absolute atomic E-state index is 0.0833. The van der Waals surface area contributed by atoms with Gasteiger partial charge in [-0.1, -0.05) is 6.08 Å². The number of aliphatic hydroxyl groups is 1. The summed E-state index contributed by atoms with van der Waals surface area (Å²) in [6.07, 6.45) is 2.22. The summed E-state index contributed by atoms with van der Waals surface area (Å²) in [5.41, 5.74) is 0. The standard InChI is InChI=1S/C6H10O3.C3H6O/c1(5-3-8-5)7-2-6-4-9-6;1-2-3-4/h5-6H,1-4H2;2,4H,1,3H2. The molecule has 0 aromatic carbocycles. The van der Waals surface area contributed by atoms with Crippen molar-refractivity contribution in [1.29, 1.82) is 0 Å². The van der Waals surface area contributed by atoms with E-state index in [-0.39, 0.29) is 6.61 Å². The third kappa shape index (κ3) is 6.72. The van der Waals surface area contributed by atoms with Gasteiger partial charge < -0.3 is 19.3 Å². The lowest BCUT2D eigenvalue weighted by atomic mass is 10.5. The molecule has 0 radical (unpaired) electrons.